The third-order valence-corrected chi connectivity index (χ3v) is 3.73. The molecule has 1 aromatic heterocycles. The van der Waals surface area contributed by atoms with Crippen molar-refractivity contribution in [2.75, 3.05) is 5.75 Å². The molecule has 5 heteroatoms. The summed E-state index contributed by atoms with van der Waals surface area (Å²) in [5.74, 6) is -0.0743. The molecule has 0 aliphatic heterocycles. The van der Waals surface area contributed by atoms with Crippen molar-refractivity contribution in [1.29, 1.82) is 0 Å². The molecule has 2 aromatic rings. The maximum atomic E-state index is 13.0. The Morgan fingerprint density at radius 2 is 2.27 bits per heavy atom. The van der Waals surface area contributed by atoms with E-state index in [0.717, 1.165) is 15.6 Å². The Bertz CT molecular complexity index is 507. The topological polar surface area (TPSA) is 37.3 Å². The van der Waals surface area contributed by atoms with Crippen molar-refractivity contribution in [3.63, 3.8) is 0 Å². The van der Waals surface area contributed by atoms with Crippen molar-refractivity contribution in [3.8, 4) is 0 Å². The number of hydrogen-bond donors (Lipinski definition) is 1. The molecule has 2 rings (SSSR count). The SMILES string of the molecule is O=S(O)CCc1csc2ccc(F)cc12. The van der Waals surface area contributed by atoms with Gasteiger partial charge in [0.2, 0.25) is 0 Å². The van der Waals surface area contributed by atoms with Gasteiger partial charge in [-0.25, -0.2) is 8.60 Å². The fourth-order valence-electron chi connectivity index (χ4n) is 1.44. The molecule has 0 amide bonds. The van der Waals surface area contributed by atoms with Gasteiger partial charge in [-0.2, -0.15) is 0 Å². The summed E-state index contributed by atoms with van der Waals surface area (Å²) in [4.78, 5) is 0. The zero-order chi connectivity index (χ0) is 10.8. The molecule has 0 saturated carbocycles. The number of thiophene rings is 1. The Hall–Kier alpha value is -0.780. The van der Waals surface area contributed by atoms with Gasteiger partial charge in [0.15, 0.2) is 11.1 Å². The lowest BCUT2D eigenvalue weighted by atomic mass is 10.1. The van der Waals surface area contributed by atoms with E-state index in [4.69, 9.17) is 4.55 Å². The van der Waals surface area contributed by atoms with Crippen LogP contribution in [0.5, 0.6) is 0 Å². The number of hydrogen-bond acceptors (Lipinski definition) is 2. The van der Waals surface area contributed by atoms with Crippen LogP contribution in [0, 0.1) is 5.82 Å². The molecule has 1 heterocycles. The average molecular weight is 244 g/mol. The molecule has 0 aliphatic carbocycles. The van der Waals surface area contributed by atoms with Gasteiger partial charge >= 0.3 is 0 Å². The van der Waals surface area contributed by atoms with Crippen molar-refractivity contribution in [2.45, 2.75) is 6.42 Å². The van der Waals surface area contributed by atoms with Gasteiger partial charge in [-0.15, -0.1) is 11.3 Å². The first-order valence-corrected chi connectivity index (χ1v) is 6.55. The molecule has 0 radical (unpaired) electrons. The predicted octanol–water partition coefficient (Wildman–Crippen LogP) is 2.80. The van der Waals surface area contributed by atoms with E-state index in [9.17, 15) is 8.60 Å². The molecule has 0 bridgehead atoms. The number of halogens is 1. The third kappa shape index (κ3) is 2.42. The summed E-state index contributed by atoms with van der Waals surface area (Å²) < 4.78 is 33.2. The molecule has 1 atom stereocenters. The van der Waals surface area contributed by atoms with E-state index in [0.29, 0.717) is 6.42 Å². The minimum absolute atomic E-state index is 0.197. The van der Waals surface area contributed by atoms with E-state index >= 15 is 0 Å². The Balaban J connectivity index is 2.35. The van der Waals surface area contributed by atoms with Crippen molar-refractivity contribution in [2.24, 2.45) is 0 Å². The van der Waals surface area contributed by atoms with Crippen LogP contribution >= 0.6 is 11.3 Å². The van der Waals surface area contributed by atoms with E-state index < -0.39 is 11.1 Å². The van der Waals surface area contributed by atoms with Crippen molar-refractivity contribution in [3.05, 3.63) is 35.0 Å². The van der Waals surface area contributed by atoms with Gasteiger partial charge in [0.25, 0.3) is 0 Å². The smallest absolute Gasteiger partial charge is 0.153 e. The monoisotopic (exact) mass is 244 g/mol. The zero-order valence-corrected chi connectivity index (χ0v) is 9.41. The van der Waals surface area contributed by atoms with Crippen molar-refractivity contribution >= 4 is 32.5 Å². The highest BCUT2D eigenvalue weighted by Crippen LogP contribution is 2.27. The van der Waals surface area contributed by atoms with Crippen LogP contribution in [0.2, 0.25) is 0 Å². The van der Waals surface area contributed by atoms with E-state index in [1.165, 1.54) is 23.5 Å². The van der Waals surface area contributed by atoms with Crippen molar-refractivity contribution < 1.29 is 13.2 Å². The molecule has 2 nitrogen and oxygen atoms in total. The first-order valence-electron chi connectivity index (χ1n) is 4.40. The van der Waals surface area contributed by atoms with Crippen LogP contribution in [0.4, 0.5) is 4.39 Å². The fraction of sp³-hybridized carbons (Fsp3) is 0.200. The number of benzene rings is 1. The lowest BCUT2D eigenvalue weighted by molar-refractivity contribution is 0.564. The number of rotatable bonds is 3. The molecule has 1 aromatic carbocycles. The van der Waals surface area contributed by atoms with Crippen LogP contribution in [0.15, 0.2) is 23.6 Å². The molecule has 1 unspecified atom stereocenters. The van der Waals surface area contributed by atoms with Gasteiger partial charge in [0.05, 0.1) is 5.75 Å². The molecule has 80 valence electrons. The second-order valence-corrected chi connectivity index (χ2v) is 5.14. The summed E-state index contributed by atoms with van der Waals surface area (Å²) in [5.41, 5.74) is 0.942. The first kappa shape index (κ1) is 10.7. The lowest BCUT2D eigenvalue weighted by Gasteiger charge is -1.97. The summed E-state index contributed by atoms with van der Waals surface area (Å²) in [7, 11) is 0. The zero-order valence-electron chi connectivity index (χ0n) is 7.77. The van der Waals surface area contributed by atoms with Crippen LogP contribution in [-0.2, 0) is 17.5 Å². The second kappa shape index (κ2) is 4.38. The van der Waals surface area contributed by atoms with Gasteiger partial charge in [-0.05, 0) is 40.9 Å². The molecule has 0 saturated heterocycles. The highest BCUT2D eigenvalue weighted by atomic mass is 32.2. The summed E-state index contributed by atoms with van der Waals surface area (Å²) >= 11 is -0.261. The Labute approximate surface area is 93.0 Å². The summed E-state index contributed by atoms with van der Waals surface area (Å²) in [6.45, 7) is 0. The van der Waals surface area contributed by atoms with Crippen LogP contribution < -0.4 is 0 Å². The Morgan fingerprint density at radius 1 is 1.47 bits per heavy atom. The van der Waals surface area contributed by atoms with Gasteiger partial charge in [-0.1, -0.05) is 0 Å². The van der Waals surface area contributed by atoms with Gasteiger partial charge in [0, 0.05) is 4.70 Å². The highest BCUT2D eigenvalue weighted by Gasteiger charge is 2.06. The van der Waals surface area contributed by atoms with Crippen LogP contribution in [0.25, 0.3) is 10.1 Å². The summed E-state index contributed by atoms with van der Waals surface area (Å²) in [6.07, 6.45) is 0.507. The van der Waals surface area contributed by atoms with Gasteiger partial charge in [-0.3, -0.25) is 0 Å². The number of aryl methyl sites for hydroxylation is 1. The second-order valence-electron chi connectivity index (χ2n) is 3.18. The average Bonchev–Trinajstić information content (AvgIpc) is 2.57. The van der Waals surface area contributed by atoms with E-state index in [-0.39, 0.29) is 11.6 Å². The molecular formula is C10H9FO2S2. The molecule has 0 spiro atoms. The third-order valence-electron chi connectivity index (χ3n) is 2.16. The Morgan fingerprint density at radius 3 is 3.00 bits per heavy atom. The quantitative estimate of drug-likeness (QED) is 0.843. The highest BCUT2D eigenvalue weighted by molar-refractivity contribution is 7.79. The maximum Gasteiger partial charge on any atom is 0.153 e. The molecule has 1 N–H and O–H groups in total. The minimum atomic E-state index is -1.79. The fourth-order valence-corrected chi connectivity index (χ4v) is 2.82. The van der Waals surface area contributed by atoms with E-state index in [1.807, 2.05) is 5.38 Å². The summed E-state index contributed by atoms with van der Waals surface area (Å²) in [6, 6.07) is 4.63. The first-order chi connectivity index (χ1) is 7.16. The van der Waals surface area contributed by atoms with Crippen LogP contribution in [-0.4, -0.2) is 14.5 Å². The Kier molecular flexibility index (Phi) is 3.14. The predicted molar refractivity (Wildman–Crippen MR) is 61.1 cm³/mol. The maximum absolute atomic E-state index is 13.0. The number of fused-ring (bicyclic) bond motifs is 1. The minimum Gasteiger partial charge on any atom is -0.306 e. The van der Waals surface area contributed by atoms with Gasteiger partial charge in [0.1, 0.15) is 5.82 Å². The van der Waals surface area contributed by atoms with Crippen LogP contribution in [0.3, 0.4) is 0 Å². The van der Waals surface area contributed by atoms with Crippen molar-refractivity contribution in [1.82, 2.24) is 0 Å². The standard InChI is InChI=1S/C10H9FO2S2/c11-8-1-2-10-9(5-8)7(6-14-10)3-4-15(12)13/h1-2,5-6H,3-4H2,(H,12,13). The van der Waals surface area contributed by atoms with Crippen LogP contribution in [0.1, 0.15) is 5.56 Å². The van der Waals surface area contributed by atoms with E-state index in [1.54, 1.807) is 6.07 Å². The normalized spacial score (nSPS) is 13.2. The van der Waals surface area contributed by atoms with E-state index in [2.05, 4.69) is 0 Å². The summed E-state index contributed by atoms with van der Waals surface area (Å²) in [5, 5.41) is 2.77. The largest absolute Gasteiger partial charge is 0.306 e. The molecular weight excluding hydrogens is 235 g/mol. The molecule has 15 heavy (non-hydrogen) atoms. The van der Waals surface area contributed by atoms with Gasteiger partial charge < -0.3 is 4.55 Å². The lowest BCUT2D eigenvalue weighted by Crippen LogP contribution is -1.98. The molecule has 0 aliphatic rings. The molecule has 0 fully saturated rings.